The van der Waals surface area contributed by atoms with Crippen molar-refractivity contribution in [3.05, 3.63) is 24.4 Å². The van der Waals surface area contributed by atoms with E-state index >= 15 is 0 Å². The molecule has 2 aromatic rings. The molecule has 0 aliphatic carbocycles. The summed E-state index contributed by atoms with van der Waals surface area (Å²) in [6, 6.07) is 5.87. The van der Waals surface area contributed by atoms with Gasteiger partial charge in [-0.05, 0) is 36.9 Å². The Bertz CT molecular complexity index is 653. The van der Waals surface area contributed by atoms with Crippen LogP contribution in [0.15, 0.2) is 24.4 Å². The van der Waals surface area contributed by atoms with Gasteiger partial charge in [-0.25, -0.2) is 4.98 Å². The molecule has 0 spiro atoms. The Labute approximate surface area is 123 Å². The van der Waals surface area contributed by atoms with Crippen LogP contribution in [0.5, 0.6) is 11.5 Å². The van der Waals surface area contributed by atoms with Gasteiger partial charge in [0.05, 0.1) is 12.1 Å². The number of nitrogens with zero attached hydrogens (tertiary/aromatic N) is 1. The third-order valence-corrected chi connectivity index (χ3v) is 3.98. The van der Waals surface area contributed by atoms with Crippen LogP contribution < -0.4 is 14.8 Å². The van der Waals surface area contributed by atoms with Crippen molar-refractivity contribution < 1.29 is 14.6 Å². The van der Waals surface area contributed by atoms with Gasteiger partial charge in [0.2, 0.25) is 0 Å². The Kier molecular flexibility index (Phi) is 3.59. The number of aromatic nitrogens is 1. The molecule has 21 heavy (non-hydrogen) atoms. The predicted molar refractivity (Wildman–Crippen MR) is 82.1 cm³/mol. The van der Waals surface area contributed by atoms with Gasteiger partial charge < -0.3 is 19.9 Å². The Morgan fingerprint density at radius 3 is 2.67 bits per heavy atom. The zero-order valence-corrected chi connectivity index (χ0v) is 12.3. The topological polar surface area (TPSA) is 63.6 Å². The zero-order valence-electron chi connectivity index (χ0n) is 12.3. The van der Waals surface area contributed by atoms with Gasteiger partial charge in [-0.1, -0.05) is 6.92 Å². The largest absolute Gasteiger partial charge is 0.486 e. The summed E-state index contributed by atoms with van der Waals surface area (Å²) in [5.74, 6) is 2.26. The van der Waals surface area contributed by atoms with Gasteiger partial charge in [-0.15, -0.1) is 0 Å². The Hall–Kier alpha value is -2.01. The van der Waals surface area contributed by atoms with E-state index in [4.69, 9.17) is 9.47 Å². The number of fused-ring (bicyclic) bond motifs is 2. The highest BCUT2D eigenvalue weighted by Crippen LogP contribution is 2.37. The van der Waals surface area contributed by atoms with E-state index in [-0.39, 0.29) is 6.61 Å². The monoisotopic (exact) mass is 288 g/mol. The molecule has 2 N–H and O–H groups in total. The molecular weight excluding hydrogens is 268 g/mol. The third-order valence-electron chi connectivity index (χ3n) is 3.98. The maximum Gasteiger partial charge on any atom is 0.162 e. The first-order chi connectivity index (χ1) is 10.1. The summed E-state index contributed by atoms with van der Waals surface area (Å²) in [5, 5.41) is 14.9. The summed E-state index contributed by atoms with van der Waals surface area (Å²) >= 11 is 0. The number of ether oxygens (including phenoxy) is 2. The standard InChI is InChI=1S/C16H20N2O3/c1-3-16(2,10-19)18-15-12-9-14-13(20-6-7-21-14)8-11(12)4-5-17-15/h4-5,8-9,19H,3,6-7,10H2,1-2H3,(H,17,18). The van der Waals surface area contributed by atoms with E-state index in [0.29, 0.717) is 13.2 Å². The van der Waals surface area contributed by atoms with Gasteiger partial charge in [-0.3, -0.25) is 0 Å². The van der Waals surface area contributed by atoms with E-state index in [1.54, 1.807) is 6.20 Å². The first-order valence-electron chi connectivity index (χ1n) is 7.22. The van der Waals surface area contributed by atoms with Crippen LogP contribution in [-0.2, 0) is 0 Å². The lowest BCUT2D eigenvalue weighted by Crippen LogP contribution is -2.38. The third kappa shape index (κ3) is 2.61. The zero-order chi connectivity index (χ0) is 14.9. The summed E-state index contributed by atoms with van der Waals surface area (Å²) in [6.07, 6.45) is 2.56. The molecular formula is C16H20N2O3. The normalized spacial score (nSPS) is 16.5. The average Bonchev–Trinajstić information content (AvgIpc) is 2.53. The number of nitrogens with one attached hydrogen (secondary N) is 1. The van der Waals surface area contributed by atoms with Crippen LogP contribution >= 0.6 is 0 Å². The number of hydrogen-bond acceptors (Lipinski definition) is 5. The molecule has 1 atom stereocenters. The van der Waals surface area contributed by atoms with Crippen molar-refractivity contribution in [1.82, 2.24) is 4.98 Å². The van der Waals surface area contributed by atoms with Crippen LogP contribution in [0, 0.1) is 0 Å². The fourth-order valence-corrected chi connectivity index (χ4v) is 2.33. The van der Waals surface area contributed by atoms with Crippen LogP contribution in [0.4, 0.5) is 5.82 Å². The van der Waals surface area contributed by atoms with Crippen LogP contribution in [0.2, 0.25) is 0 Å². The molecule has 1 unspecified atom stereocenters. The molecule has 0 radical (unpaired) electrons. The molecule has 1 aromatic carbocycles. The Morgan fingerprint density at radius 1 is 1.29 bits per heavy atom. The molecule has 1 aromatic heterocycles. The van der Waals surface area contributed by atoms with Gasteiger partial charge in [0.25, 0.3) is 0 Å². The van der Waals surface area contributed by atoms with E-state index in [1.165, 1.54) is 0 Å². The van der Waals surface area contributed by atoms with E-state index in [2.05, 4.69) is 10.3 Å². The quantitative estimate of drug-likeness (QED) is 0.905. The molecule has 1 aliphatic rings. The molecule has 5 nitrogen and oxygen atoms in total. The van der Waals surface area contributed by atoms with Crippen molar-refractivity contribution in [1.29, 1.82) is 0 Å². The number of benzene rings is 1. The number of pyridine rings is 1. The summed E-state index contributed by atoms with van der Waals surface area (Å²) < 4.78 is 11.2. The number of hydrogen-bond donors (Lipinski definition) is 2. The van der Waals surface area contributed by atoms with Crippen molar-refractivity contribution in [3.63, 3.8) is 0 Å². The molecule has 1 aliphatic heterocycles. The van der Waals surface area contributed by atoms with Crippen molar-refractivity contribution in [2.75, 3.05) is 25.1 Å². The number of anilines is 1. The lowest BCUT2D eigenvalue weighted by Gasteiger charge is -2.28. The summed E-state index contributed by atoms with van der Waals surface area (Å²) in [7, 11) is 0. The first kappa shape index (κ1) is 13.9. The minimum Gasteiger partial charge on any atom is -0.486 e. The smallest absolute Gasteiger partial charge is 0.162 e. The second-order valence-corrected chi connectivity index (χ2v) is 5.57. The fraction of sp³-hybridized carbons (Fsp3) is 0.438. The van der Waals surface area contributed by atoms with Gasteiger partial charge in [0.1, 0.15) is 19.0 Å². The SMILES string of the molecule is CCC(C)(CO)Nc1nccc2cc3c(cc12)OCCO3. The molecule has 0 saturated heterocycles. The highest BCUT2D eigenvalue weighted by molar-refractivity contribution is 5.94. The van der Waals surface area contributed by atoms with E-state index < -0.39 is 5.54 Å². The maximum absolute atomic E-state index is 9.58. The first-order valence-corrected chi connectivity index (χ1v) is 7.22. The average molecular weight is 288 g/mol. The Balaban J connectivity index is 2.07. The van der Waals surface area contributed by atoms with Gasteiger partial charge in [0.15, 0.2) is 11.5 Å². The maximum atomic E-state index is 9.58. The van der Waals surface area contributed by atoms with Crippen LogP contribution in [0.3, 0.4) is 0 Å². The molecule has 112 valence electrons. The molecule has 0 bridgehead atoms. The van der Waals surface area contributed by atoms with Gasteiger partial charge in [-0.2, -0.15) is 0 Å². The minimum absolute atomic E-state index is 0.0477. The fourth-order valence-electron chi connectivity index (χ4n) is 2.33. The molecule has 3 rings (SSSR count). The highest BCUT2D eigenvalue weighted by atomic mass is 16.6. The van der Waals surface area contributed by atoms with Gasteiger partial charge >= 0.3 is 0 Å². The molecule has 2 heterocycles. The van der Waals surface area contributed by atoms with Crippen molar-refractivity contribution in [2.24, 2.45) is 0 Å². The summed E-state index contributed by atoms with van der Waals surface area (Å²) in [6.45, 7) is 5.20. The molecule has 0 fully saturated rings. The van der Waals surface area contributed by atoms with E-state index in [1.807, 2.05) is 32.0 Å². The number of rotatable bonds is 4. The van der Waals surface area contributed by atoms with Crippen molar-refractivity contribution in [3.8, 4) is 11.5 Å². The summed E-state index contributed by atoms with van der Waals surface area (Å²) in [4.78, 5) is 4.42. The molecule has 0 saturated carbocycles. The van der Waals surface area contributed by atoms with Crippen molar-refractivity contribution in [2.45, 2.75) is 25.8 Å². The van der Waals surface area contributed by atoms with E-state index in [0.717, 1.165) is 34.5 Å². The summed E-state index contributed by atoms with van der Waals surface area (Å²) in [5.41, 5.74) is -0.394. The second-order valence-electron chi connectivity index (χ2n) is 5.57. The lowest BCUT2D eigenvalue weighted by molar-refractivity contribution is 0.172. The predicted octanol–water partition coefficient (Wildman–Crippen LogP) is 2.58. The molecule has 5 heteroatoms. The highest BCUT2D eigenvalue weighted by Gasteiger charge is 2.22. The van der Waals surface area contributed by atoms with Crippen LogP contribution in [0.25, 0.3) is 10.8 Å². The molecule has 0 amide bonds. The van der Waals surface area contributed by atoms with E-state index in [9.17, 15) is 5.11 Å². The Morgan fingerprint density at radius 2 is 2.00 bits per heavy atom. The van der Waals surface area contributed by atoms with Crippen LogP contribution in [-0.4, -0.2) is 35.5 Å². The number of aliphatic hydroxyl groups excluding tert-OH is 1. The lowest BCUT2D eigenvalue weighted by atomic mass is 9.99. The second kappa shape index (κ2) is 5.41. The van der Waals surface area contributed by atoms with Gasteiger partial charge in [0, 0.05) is 11.6 Å². The van der Waals surface area contributed by atoms with Crippen LogP contribution in [0.1, 0.15) is 20.3 Å². The number of aliphatic hydroxyl groups is 1. The minimum atomic E-state index is -0.394. The van der Waals surface area contributed by atoms with Crippen molar-refractivity contribution >= 4 is 16.6 Å².